The van der Waals surface area contributed by atoms with Crippen LogP contribution >= 0.6 is 0 Å². The lowest BCUT2D eigenvalue weighted by Crippen LogP contribution is -2.25. The van der Waals surface area contributed by atoms with Gasteiger partial charge >= 0.3 is 0 Å². The van der Waals surface area contributed by atoms with Crippen LogP contribution in [0.15, 0.2) is 89.8 Å². The van der Waals surface area contributed by atoms with E-state index >= 15 is 0 Å². The highest BCUT2D eigenvalue weighted by molar-refractivity contribution is 7.92. The van der Waals surface area contributed by atoms with Crippen LogP contribution in [-0.4, -0.2) is 20.9 Å². The fourth-order valence-electron chi connectivity index (χ4n) is 2.78. The molecule has 0 radical (unpaired) electrons. The van der Waals surface area contributed by atoms with Crippen LogP contribution in [-0.2, 0) is 16.4 Å². The van der Waals surface area contributed by atoms with Crippen molar-refractivity contribution in [2.24, 2.45) is 0 Å². The summed E-state index contributed by atoms with van der Waals surface area (Å²) in [5.41, 5.74) is 1.99. The Kier molecular flexibility index (Phi) is 6.45. The molecular formula is C22H22N2O3S. The number of hydrogen-bond acceptors (Lipinski definition) is 3. The second-order valence-electron chi connectivity index (χ2n) is 6.34. The van der Waals surface area contributed by atoms with Gasteiger partial charge in [0.25, 0.3) is 15.9 Å². The topological polar surface area (TPSA) is 75.3 Å². The number of anilines is 1. The van der Waals surface area contributed by atoms with Gasteiger partial charge in [-0.05, 0) is 48.7 Å². The van der Waals surface area contributed by atoms with E-state index in [1.54, 1.807) is 36.4 Å². The van der Waals surface area contributed by atoms with Gasteiger partial charge in [0.1, 0.15) is 0 Å². The summed E-state index contributed by atoms with van der Waals surface area (Å²) in [5.74, 6) is -0.228. The summed E-state index contributed by atoms with van der Waals surface area (Å²) in [5, 5.41) is 2.87. The van der Waals surface area contributed by atoms with Crippen LogP contribution in [0, 0.1) is 0 Å². The summed E-state index contributed by atoms with van der Waals surface area (Å²) in [6.07, 6.45) is 1.72. The van der Waals surface area contributed by atoms with E-state index in [-0.39, 0.29) is 10.8 Å². The average Bonchev–Trinajstić information content (AvgIpc) is 2.72. The third-order valence-electron chi connectivity index (χ3n) is 4.20. The number of nitrogens with one attached hydrogen (secondary N) is 2. The van der Waals surface area contributed by atoms with Gasteiger partial charge in [-0.25, -0.2) is 8.42 Å². The molecule has 0 atom stereocenters. The Hall–Kier alpha value is -3.12. The first kappa shape index (κ1) is 19.6. The number of hydrogen-bond donors (Lipinski definition) is 2. The fraction of sp³-hybridized carbons (Fsp3) is 0.136. The summed E-state index contributed by atoms with van der Waals surface area (Å²) < 4.78 is 27.3. The quantitative estimate of drug-likeness (QED) is 0.570. The molecule has 144 valence electrons. The molecule has 0 fully saturated rings. The smallest absolute Gasteiger partial charge is 0.261 e. The maximum Gasteiger partial charge on any atom is 0.261 e. The standard InChI is InChI=1S/C22H22N2O3S/c25-22(23-16-8-11-18-9-3-1-4-10-18)19-12-7-13-20(17-19)24-28(26,27)21-14-5-2-6-15-21/h1-7,9-10,12-15,17,24H,8,11,16H2,(H,23,25). The normalized spacial score (nSPS) is 11.0. The van der Waals surface area contributed by atoms with Crippen LogP contribution in [0.1, 0.15) is 22.3 Å². The molecule has 1 amide bonds. The highest BCUT2D eigenvalue weighted by atomic mass is 32.2. The van der Waals surface area contributed by atoms with Gasteiger partial charge < -0.3 is 5.32 Å². The van der Waals surface area contributed by atoms with Crippen LogP contribution in [0.25, 0.3) is 0 Å². The number of benzene rings is 3. The summed E-state index contributed by atoms with van der Waals surface area (Å²) in [7, 11) is -3.69. The van der Waals surface area contributed by atoms with Gasteiger partial charge in [0.15, 0.2) is 0 Å². The third kappa shape index (κ3) is 5.44. The molecule has 2 N–H and O–H groups in total. The van der Waals surface area contributed by atoms with Crippen molar-refractivity contribution >= 4 is 21.6 Å². The Morgan fingerprint density at radius 1 is 0.821 bits per heavy atom. The predicted molar refractivity (Wildman–Crippen MR) is 111 cm³/mol. The molecular weight excluding hydrogens is 372 g/mol. The zero-order valence-corrected chi connectivity index (χ0v) is 16.2. The molecule has 0 saturated carbocycles. The van der Waals surface area contributed by atoms with Gasteiger partial charge in [0.05, 0.1) is 4.90 Å². The Morgan fingerprint density at radius 2 is 1.50 bits per heavy atom. The maximum atomic E-state index is 12.4. The van der Waals surface area contributed by atoms with E-state index < -0.39 is 10.0 Å². The van der Waals surface area contributed by atoms with Crippen molar-refractivity contribution in [1.82, 2.24) is 5.32 Å². The number of aryl methyl sites for hydroxylation is 1. The molecule has 0 bridgehead atoms. The zero-order chi connectivity index (χ0) is 19.8. The van der Waals surface area contributed by atoms with Crippen LogP contribution in [0.2, 0.25) is 0 Å². The van der Waals surface area contributed by atoms with Crippen LogP contribution in [0.4, 0.5) is 5.69 Å². The lowest BCUT2D eigenvalue weighted by molar-refractivity contribution is 0.0953. The Labute approximate surface area is 165 Å². The van der Waals surface area contributed by atoms with Gasteiger partial charge in [0.2, 0.25) is 0 Å². The molecule has 0 aliphatic heterocycles. The van der Waals surface area contributed by atoms with E-state index in [2.05, 4.69) is 22.2 Å². The Morgan fingerprint density at radius 3 is 2.21 bits per heavy atom. The summed E-state index contributed by atoms with van der Waals surface area (Å²) >= 11 is 0. The highest BCUT2D eigenvalue weighted by Gasteiger charge is 2.14. The number of rotatable bonds is 8. The Balaban J connectivity index is 1.57. The van der Waals surface area contributed by atoms with Gasteiger partial charge in [0, 0.05) is 17.8 Å². The van der Waals surface area contributed by atoms with Gasteiger partial charge in [-0.15, -0.1) is 0 Å². The SMILES string of the molecule is O=C(NCCCc1ccccc1)c1cccc(NS(=O)(=O)c2ccccc2)c1. The summed E-state index contributed by atoms with van der Waals surface area (Å²) in [6.45, 7) is 0.549. The first-order valence-electron chi connectivity index (χ1n) is 9.05. The first-order chi connectivity index (χ1) is 13.5. The lowest BCUT2D eigenvalue weighted by atomic mass is 10.1. The molecule has 0 aliphatic rings. The summed E-state index contributed by atoms with van der Waals surface area (Å²) in [6, 6.07) is 24.7. The van der Waals surface area contributed by atoms with E-state index in [0.717, 1.165) is 12.8 Å². The number of amides is 1. The minimum absolute atomic E-state index is 0.172. The molecule has 0 spiro atoms. The molecule has 3 aromatic rings. The van der Waals surface area contributed by atoms with E-state index in [1.165, 1.54) is 23.8 Å². The van der Waals surface area contributed by atoms with Crippen molar-refractivity contribution in [1.29, 1.82) is 0 Å². The second kappa shape index (κ2) is 9.19. The highest BCUT2D eigenvalue weighted by Crippen LogP contribution is 2.17. The van der Waals surface area contributed by atoms with Gasteiger partial charge in [-0.1, -0.05) is 54.6 Å². The molecule has 5 nitrogen and oxygen atoms in total. The molecule has 0 unspecified atom stereocenters. The largest absolute Gasteiger partial charge is 0.352 e. The zero-order valence-electron chi connectivity index (χ0n) is 15.3. The maximum absolute atomic E-state index is 12.4. The van der Waals surface area contributed by atoms with E-state index in [4.69, 9.17) is 0 Å². The van der Waals surface area contributed by atoms with Crippen LogP contribution < -0.4 is 10.0 Å². The van der Waals surface area contributed by atoms with Crippen molar-refractivity contribution in [2.45, 2.75) is 17.7 Å². The predicted octanol–water partition coefficient (Wildman–Crippen LogP) is 3.85. The van der Waals surface area contributed by atoms with Crippen molar-refractivity contribution in [3.63, 3.8) is 0 Å². The van der Waals surface area contributed by atoms with Crippen molar-refractivity contribution in [2.75, 3.05) is 11.3 Å². The van der Waals surface area contributed by atoms with Crippen molar-refractivity contribution < 1.29 is 13.2 Å². The lowest BCUT2D eigenvalue weighted by Gasteiger charge is -2.10. The van der Waals surface area contributed by atoms with Crippen molar-refractivity contribution in [3.8, 4) is 0 Å². The van der Waals surface area contributed by atoms with Crippen LogP contribution in [0.3, 0.4) is 0 Å². The fourth-order valence-corrected chi connectivity index (χ4v) is 3.85. The van der Waals surface area contributed by atoms with Crippen molar-refractivity contribution in [3.05, 3.63) is 96.1 Å². The van der Waals surface area contributed by atoms with E-state index in [0.29, 0.717) is 17.8 Å². The van der Waals surface area contributed by atoms with E-state index in [1.807, 2.05) is 18.2 Å². The number of carbonyl (C=O) groups is 1. The number of sulfonamides is 1. The molecule has 0 aromatic heterocycles. The Bertz CT molecular complexity index is 1020. The third-order valence-corrected chi connectivity index (χ3v) is 5.60. The number of carbonyl (C=O) groups excluding carboxylic acids is 1. The molecule has 28 heavy (non-hydrogen) atoms. The molecule has 0 heterocycles. The minimum Gasteiger partial charge on any atom is -0.352 e. The molecule has 3 aromatic carbocycles. The second-order valence-corrected chi connectivity index (χ2v) is 8.03. The summed E-state index contributed by atoms with van der Waals surface area (Å²) in [4.78, 5) is 12.5. The first-order valence-corrected chi connectivity index (χ1v) is 10.5. The van der Waals surface area contributed by atoms with Crippen LogP contribution in [0.5, 0.6) is 0 Å². The molecule has 6 heteroatoms. The monoisotopic (exact) mass is 394 g/mol. The van der Waals surface area contributed by atoms with Gasteiger partial charge in [-0.2, -0.15) is 0 Å². The van der Waals surface area contributed by atoms with E-state index in [9.17, 15) is 13.2 Å². The van der Waals surface area contributed by atoms with Gasteiger partial charge in [-0.3, -0.25) is 9.52 Å². The molecule has 0 aliphatic carbocycles. The molecule has 0 saturated heterocycles. The average molecular weight is 394 g/mol. The minimum atomic E-state index is -3.69. The molecule has 3 rings (SSSR count).